The molecule has 0 bridgehead atoms. The third-order valence-corrected chi connectivity index (χ3v) is 6.55. The molecule has 1 N–H and O–H groups in total. The van der Waals surface area contributed by atoms with Crippen molar-refractivity contribution in [3.05, 3.63) is 23.8 Å². The van der Waals surface area contributed by atoms with Crippen LogP contribution >= 0.6 is 0 Å². The first-order valence-electron chi connectivity index (χ1n) is 9.76. The lowest BCUT2D eigenvalue weighted by Crippen LogP contribution is -2.32. The summed E-state index contributed by atoms with van der Waals surface area (Å²) in [6, 6.07) is 0. The highest BCUT2D eigenvalue weighted by atomic mass is 16.5. The van der Waals surface area contributed by atoms with Gasteiger partial charge in [-0.05, 0) is 88.5 Å². The molecule has 0 spiro atoms. The second-order valence-corrected chi connectivity index (χ2v) is 9.03. The topological polar surface area (TPSA) is 46.5 Å². The summed E-state index contributed by atoms with van der Waals surface area (Å²) in [5.74, 6) is 0.730. The first-order valence-corrected chi connectivity index (χ1v) is 9.76. The molecule has 3 heteroatoms. The van der Waals surface area contributed by atoms with Gasteiger partial charge in [-0.25, -0.2) is 0 Å². The first-order chi connectivity index (χ1) is 11.5. The fourth-order valence-corrected chi connectivity index (χ4v) is 4.60. The molecule has 0 aromatic rings. The second-order valence-electron chi connectivity index (χ2n) is 9.03. The zero-order valence-electron chi connectivity index (χ0n) is 16.7. The van der Waals surface area contributed by atoms with Gasteiger partial charge in [0.05, 0.1) is 5.60 Å². The quantitative estimate of drug-likeness (QED) is 0.549. The second kappa shape index (κ2) is 7.65. The maximum Gasteiger partial charge on any atom is 0.303 e. The van der Waals surface area contributed by atoms with Crippen LogP contribution in [-0.2, 0) is 9.53 Å². The van der Waals surface area contributed by atoms with E-state index in [1.807, 2.05) is 13.8 Å². The van der Waals surface area contributed by atoms with E-state index in [-0.39, 0.29) is 17.5 Å². The Balaban J connectivity index is 2.12. The van der Waals surface area contributed by atoms with Gasteiger partial charge in [-0.3, -0.25) is 4.79 Å². The summed E-state index contributed by atoms with van der Waals surface area (Å²) in [6.07, 6.45) is 9.12. The van der Waals surface area contributed by atoms with Gasteiger partial charge in [0, 0.05) is 6.92 Å². The maximum absolute atomic E-state index is 11.4. The van der Waals surface area contributed by atoms with Crippen molar-refractivity contribution >= 4 is 5.97 Å². The van der Waals surface area contributed by atoms with Crippen molar-refractivity contribution in [3.8, 4) is 0 Å². The Hall–Kier alpha value is -1.09. The van der Waals surface area contributed by atoms with Gasteiger partial charge in [-0.15, -0.1) is 0 Å². The fraction of sp³-hybridized carbons (Fsp3) is 0.773. The molecule has 0 aromatic carbocycles. The van der Waals surface area contributed by atoms with Crippen LogP contribution in [0.25, 0.3) is 0 Å². The van der Waals surface area contributed by atoms with Crippen molar-refractivity contribution in [1.82, 2.24) is 0 Å². The van der Waals surface area contributed by atoms with Crippen LogP contribution in [0, 0.1) is 17.3 Å². The summed E-state index contributed by atoms with van der Waals surface area (Å²) < 4.78 is 5.46. The Morgan fingerprint density at radius 3 is 2.64 bits per heavy atom. The standard InChI is InChI=1S/C22H36O3/c1-15(2)20(25-17(4)23)10-13-21(5)12-9-16(3)8-7-11-22(6,24)19-14-18(19)21/h8,18-20,24H,1,7,9-14H2,2-6H3. The summed E-state index contributed by atoms with van der Waals surface area (Å²) in [6.45, 7) is 14.0. The predicted molar refractivity (Wildman–Crippen MR) is 102 cm³/mol. The molecule has 5 atom stereocenters. The minimum atomic E-state index is -0.566. The number of rotatable bonds is 5. The molecule has 0 saturated heterocycles. The smallest absolute Gasteiger partial charge is 0.303 e. The van der Waals surface area contributed by atoms with Gasteiger partial charge < -0.3 is 9.84 Å². The minimum absolute atomic E-state index is 0.176. The Bertz CT molecular complexity index is 545. The molecule has 0 aromatic heterocycles. The van der Waals surface area contributed by atoms with Crippen molar-refractivity contribution in [1.29, 1.82) is 0 Å². The molecule has 142 valence electrons. The third kappa shape index (κ3) is 5.20. The molecule has 1 saturated carbocycles. The molecule has 0 amide bonds. The number of ether oxygens (including phenoxy) is 1. The number of hydrogen-bond donors (Lipinski definition) is 1. The van der Waals surface area contributed by atoms with Crippen LogP contribution < -0.4 is 0 Å². The summed E-state index contributed by atoms with van der Waals surface area (Å²) in [5.41, 5.74) is 1.95. The first kappa shape index (κ1) is 20.2. The van der Waals surface area contributed by atoms with Crippen LogP contribution in [0.1, 0.15) is 79.6 Å². The number of esters is 1. The highest BCUT2D eigenvalue weighted by Crippen LogP contribution is 2.60. The van der Waals surface area contributed by atoms with Crippen LogP contribution in [-0.4, -0.2) is 22.8 Å². The van der Waals surface area contributed by atoms with Gasteiger partial charge in [0.2, 0.25) is 0 Å². The molecule has 1 fully saturated rings. The molecule has 0 radical (unpaired) electrons. The van der Waals surface area contributed by atoms with E-state index >= 15 is 0 Å². The largest absolute Gasteiger partial charge is 0.458 e. The van der Waals surface area contributed by atoms with E-state index in [0.29, 0.717) is 11.8 Å². The molecule has 0 aliphatic heterocycles. The van der Waals surface area contributed by atoms with Crippen molar-refractivity contribution in [2.75, 3.05) is 0 Å². The molecule has 0 heterocycles. The fourth-order valence-electron chi connectivity index (χ4n) is 4.60. The molecule has 2 aliphatic carbocycles. The third-order valence-electron chi connectivity index (χ3n) is 6.55. The van der Waals surface area contributed by atoms with E-state index in [0.717, 1.165) is 50.5 Å². The van der Waals surface area contributed by atoms with Crippen molar-refractivity contribution in [2.45, 2.75) is 91.3 Å². The van der Waals surface area contributed by atoms with E-state index in [2.05, 4.69) is 26.5 Å². The summed E-state index contributed by atoms with van der Waals surface area (Å²) in [5, 5.41) is 10.9. The van der Waals surface area contributed by atoms with E-state index < -0.39 is 5.60 Å². The summed E-state index contributed by atoms with van der Waals surface area (Å²) >= 11 is 0. The summed E-state index contributed by atoms with van der Waals surface area (Å²) in [4.78, 5) is 11.4. The monoisotopic (exact) mass is 348 g/mol. The Kier molecular flexibility index (Phi) is 6.19. The highest BCUT2D eigenvalue weighted by molar-refractivity contribution is 5.66. The van der Waals surface area contributed by atoms with E-state index in [4.69, 9.17) is 4.74 Å². The predicted octanol–water partition coefficient (Wildman–Crippen LogP) is 5.19. The van der Waals surface area contributed by atoms with Crippen LogP contribution in [0.2, 0.25) is 0 Å². The number of hydrogen-bond acceptors (Lipinski definition) is 3. The molecular formula is C22H36O3. The van der Waals surface area contributed by atoms with Gasteiger partial charge in [-0.2, -0.15) is 0 Å². The maximum atomic E-state index is 11.4. The number of carbonyl (C=O) groups is 1. The number of fused-ring (bicyclic) bond motifs is 1. The number of allylic oxidation sites excluding steroid dienone is 2. The minimum Gasteiger partial charge on any atom is -0.458 e. The van der Waals surface area contributed by atoms with Crippen LogP contribution in [0.4, 0.5) is 0 Å². The average molecular weight is 349 g/mol. The molecule has 3 nitrogen and oxygen atoms in total. The zero-order valence-corrected chi connectivity index (χ0v) is 16.7. The van der Waals surface area contributed by atoms with E-state index in [1.54, 1.807) is 0 Å². The molecule has 2 aliphatic rings. The van der Waals surface area contributed by atoms with Crippen LogP contribution in [0.15, 0.2) is 23.8 Å². The zero-order chi connectivity index (χ0) is 18.8. The molecule has 25 heavy (non-hydrogen) atoms. The molecule has 5 unspecified atom stereocenters. The lowest BCUT2D eigenvalue weighted by atomic mass is 9.72. The normalized spacial score (nSPS) is 36.6. The van der Waals surface area contributed by atoms with Gasteiger partial charge in [0.1, 0.15) is 6.10 Å². The Labute approximate surface area is 153 Å². The van der Waals surface area contributed by atoms with E-state index in [9.17, 15) is 9.90 Å². The number of carbonyl (C=O) groups excluding carboxylic acids is 1. The Morgan fingerprint density at radius 2 is 2.04 bits per heavy atom. The summed E-state index contributed by atoms with van der Waals surface area (Å²) in [7, 11) is 0. The molecule has 2 rings (SSSR count). The lowest BCUT2D eigenvalue weighted by molar-refractivity contribution is -0.145. The highest BCUT2D eigenvalue weighted by Gasteiger charge is 2.56. The van der Waals surface area contributed by atoms with E-state index in [1.165, 1.54) is 12.5 Å². The van der Waals surface area contributed by atoms with Gasteiger partial charge in [-0.1, -0.05) is 25.2 Å². The van der Waals surface area contributed by atoms with Gasteiger partial charge in [0.25, 0.3) is 0 Å². The van der Waals surface area contributed by atoms with Crippen LogP contribution in [0.5, 0.6) is 0 Å². The SMILES string of the molecule is C=C(C)C(CCC1(C)CCC(C)=CCCC(C)(O)C2CC21)OC(C)=O. The van der Waals surface area contributed by atoms with Gasteiger partial charge >= 0.3 is 5.97 Å². The van der Waals surface area contributed by atoms with Crippen LogP contribution in [0.3, 0.4) is 0 Å². The molecular weight excluding hydrogens is 312 g/mol. The Morgan fingerprint density at radius 1 is 1.36 bits per heavy atom. The van der Waals surface area contributed by atoms with Crippen molar-refractivity contribution in [3.63, 3.8) is 0 Å². The van der Waals surface area contributed by atoms with Gasteiger partial charge in [0.15, 0.2) is 0 Å². The van der Waals surface area contributed by atoms with Crippen molar-refractivity contribution < 1.29 is 14.6 Å². The van der Waals surface area contributed by atoms with Crippen molar-refractivity contribution in [2.24, 2.45) is 17.3 Å². The average Bonchev–Trinajstić information content (AvgIpc) is 3.30. The lowest BCUT2D eigenvalue weighted by Gasteiger charge is -2.35. The number of aliphatic hydroxyl groups is 1.